The smallest absolute Gasteiger partial charge is 0.347 e. The summed E-state index contributed by atoms with van der Waals surface area (Å²) >= 11 is 1.32. The first kappa shape index (κ1) is 13.8. The van der Waals surface area contributed by atoms with Gasteiger partial charge in [-0.05, 0) is 18.4 Å². The summed E-state index contributed by atoms with van der Waals surface area (Å²) in [4.78, 5) is 9.87. The monoisotopic (exact) mass is 291 g/mol. The van der Waals surface area contributed by atoms with Crippen molar-refractivity contribution < 1.29 is 13.2 Å². The van der Waals surface area contributed by atoms with Crippen molar-refractivity contribution in [1.82, 2.24) is 9.97 Å². The Hall–Kier alpha value is -1.61. The lowest BCUT2D eigenvalue weighted by Gasteiger charge is -2.24. The van der Waals surface area contributed by atoms with E-state index in [1.165, 1.54) is 11.3 Å². The number of aromatic nitrogens is 2. The molecule has 2 aromatic rings. The average Bonchev–Trinajstić information content (AvgIpc) is 2.81. The van der Waals surface area contributed by atoms with E-state index < -0.39 is 12.7 Å². The maximum Gasteiger partial charge on any atom is 0.405 e. The number of thiophene rings is 1. The number of rotatable bonds is 4. The molecule has 2 rings (SSSR count). The lowest BCUT2D eigenvalue weighted by molar-refractivity contribution is -0.119. The fourth-order valence-electron chi connectivity index (χ4n) is 1.70. The number of alkyl halides is 3. The van der Waals surface area contributed by atoms with Crippen molar-refractivity contribution >= 4 is 33.3 Å². The van der Waals surface area contributed by atoms with Crippen molar-refractivity contribution in [3.8, 4) is 0 Å². The maximum atomic E-state index is 12.6. The first-order valence-corrected chi connectivity index (χ1v) is 6.36. The number of halogens is 3. The SMILES string of the molecule is CCN(CC(F)(F)F)c1nc(NN)nc2sccc12. The van der Waals surface area contributed by atoms with Crippen molar-refractivity contribution in [2.45, 2.75) is 13.1 Å². The fourth-order valence-corrected chi connectivity index (χ4v) is 2.46. The van der Waals surface area contributed by atoms with E-state index in [-0.39, 0.29) is 18.3 Å². The van der Waals surface area contributed by atoms with Gasteiger partial charge in [0, 0.05) is 6.54 Å². The molecule has 0 atom stereocenters. The van der Waals surface area contributed by atoms with Gasteiger partial charge in [0.2, 0.25) is 5.95 Å². The minimum Gasteiger partial charge on any atom is -0.347 e. The normalized spacial score (nSPS) is 11.8. The Morgan fingerprint density at radius 2 is 2.16 bits per heavy atom. The summed E-state index contributed by atoms with van der Waals surface area (Å²) in [6, 6.07) is 1.70. The third-order valence-electron chi connectivity index (χ3n) is 2.49. The molecule has 2 aromatic heterocycles. The molecule has 0 amide bonds. The third kappa shape index (κ3) is 3.04. The number of hydrazine groups is 1. The number of hydrogen-bond acceptors (Lipinski definition) is 6. The van der Waals surface area contributed by atoms with Gasteiger partial charge in [0.05, 0.1) is 5.39 Å². The van der Waals surface area contributed by atoms with Crippen molar-refractivity contribution in [2.75, 3.05) is 23.4 Å². The predicted molar refractivity (Wildman–Crippen MR) is 69.2 cm³/mol. The van der Waals surface area contributed by atoms with Crippen LogP contribution in [0, 0.1) is 0 Å². The molecule has 0 spiro atoms. The van der Waals surface area contributed by atoms with Crippen LogP contribution in [0.25, 0.3) is 10.2 Å². The standard InChI is InChI=1S/C10H12F3N5S/c1-2-18(5-10(11,12)13)7-6-3-4-19-8(6)16-9(15-7)17-14/h3-4H,2,5,14H2,1H3,(H,15,16,17). The van der Waals surface area contributed by atoms with Crippen LogP contribution in [0.5, 0.6) is 0 Å². The fraction of sp³-hybridized carbons (Fsp3) is 0.400. The summed E-state index contributed by atoms with van der Waals surface area (Å²) in [7, 11) is 0. The summed E-state index contributed by atoms with van der Waals surface area (Å²) in [6.45, 7) is 0.766. The molecule has 0 unspecified atom stereocenters. The lowest BCUT2D eigenvalue weighted by atomic mass is 10.3. The van der Waals surface area contributed by atoms with Crippen LogP contribution >= 0.6 is 11.3 Å². The second kappa shape index (κ2) is 5.17. The highest BCUT2D eigenvalue weighted by Gasteiger charge is 2.31. The van der Waals surface area contributed by atoms with E-state index >= 15 is 0 Å². The zero-order valence-corrected chi connectivity index (χ0v) is 10.8. The van der Waals surface area contributed by atoms with Crippen molar-refractivity contribution in [2.24, 2.45) is 5.84 Å². The molecular formula is C10H12F3N5S. The number of nitrogens with one attached hydrogen (secondary N) is 1. The van der Waals surface area contributed by atoms with Gasteiger partial charge >= 0.3 is 6.18 Å². The van der Waals surface area contributed by atoms with Gasteiger partial charge in [0.1, 0.15) is 17.2 Å². The van der Waals surface area contributed by atoms with Gasteiger partial charge in [-0.1, -0.05) is 0 Å². The highest BCUT2D eigenvalue weighted by molar-refractivity contribution is 7.16. The summed E-state index contributed by atoms with van der Waals surface area (Å²) in [5.41, 5.74) is 2.27. The highest BCUT2D eigenvalue weighted by atomic mass is 32.1. The Bertz CT molecular complexity index is 568. The van der Waals surface area contributed by atoms with E-state index in [2.05, 4.69) is 15.4 Å². The van der Waals surface area contributed by atoms with E-state index in [9.17, 15) is 13.2 Å². The second-order valence-corrected chi connectivity index (χ2v) is 4.68. The van der Waals surface area contributed by atoms with Crippen LogP contribution in [0.2, 0.25) is 0 Å². The Balaban J connectivity index is 2.48. The molecule has 104 valence electrons. The molecule has 0 radical (unpaired) electrons. The summed E-state index contributed by atoms with van der Waals surface area (Å²) in [6.07, 6.45) is -4.29. The summed E-state index contributed by atoms with van der Waals surface area (Å²) < 4.78 is 37.7. The van der Waals surface area contributed by atoms with Crippen LogP contribution in [0.1, 0.15) is 6.92 Å². The Kier molecular flexibility index (Phi) is 3.76. The van der Waals surface area contributed by atoms with Gasteiger partial charge in [-0.2, -0.15) is 18.2 Å². The van der Waals surface area contributed by atoms with Gasteiger partial charge in [-0.15, -0.1) is 11.3 Å². The molecule has 19 heavy (non-hydrogen) atoms. The molecule has 2 heterocycles. The van der Waals surface area contributed by atoms with Gasteiger partial charge < -0.3 is 4.90 Å². The first-order valence-electron chi connectivity index (χ1n) is 5.48. The number of fused-ring (bicyclic) bond motifs is 1. The van der Waals surface area contributed by atoms with Crippen LogP contribution < -0.4 is 16.2 Å². The van der Waals surface area contributed by atoms with Crippen LogP contribution in [-0.2, 0) is 0 Å². The van der Waals surface area contributed by atoms with E-state index in [0.717, 1.165) is 4.90 Å². The van der Waals surface area contributed by atoms with E-state index in [1.807, 2.05) is 0 Å². The molecule has 3 N–H and O–H groups in total. The van der Waals surface area contributed by atoms with E-state index in [0.29, 0.717) is 10.2 Å². The minimum atomic E-state index is -4.29. The summed E-state index contributed by atoms with van der Waals surface area (Å²) in [5.74, 6) is 5.57. The molecule has 0 saturated heterocycles. The van der Waals surface area contributed by atoms with E-state index in [1.54, 1.807) is 18.4 Å². The zero-order chi connectivity index (χ0) is 14.0. The molecule has 0 aromatic carbocycles. The van der Waals surface area contributed by atoms with E-state index in [4.69, 9.17) is 5.84 Å². The number of nitrogen functional groups attached to an aromatic ring is 1. The zero-order valence-electron chi connectivity index (χ0n) is 10.0. The molecule has 0 aliphatic carbocycles. The van der Waals surface area contributed by atoms with Gasteiger partial charge in [-0.25, -0.2) is 10.8 Å². The van der Waals surface area contributed by atoms with Crippen LogP contribution in [0.15, 0.2) is 11.4 Å². The predicted octanol–water partition coefficient (Wildman–Crippen LogP) is 2.37. The first-order chi connectivity index (χ1) is 8.94. The number of hydrogen-bond donors (Lipinski definition) is 2. The van der Waals surface area contributed by atoms with Crippen LogP contribution in [-0.4, -0.2) is 29.2 Å². The quantitative estimate of drug-likeness (QED) is 0.668. The number of nitrogens with two attached hydrogens (primary N) is 1. The second-order valence-electron chi connectivity index (χ2n) is 3.78. The highest BCUT2D eigenvalue weighted by Crippen LogP contribution is 2.30. The largest absolute Gasteiger partial charge is 0.405 e. The Labute approximate surface area is 111 Å². The molecule has 0 aliphatic rings. The molecule has 0 bridgehead atoms. The van der Waals surface area contributed by atoms with Crippen LogP contribution in [0.4, 0.5) is 24.9 Å². The number of anilines is 2. The Morgan fingerprint density at radius 3 is 2.74 bits per heavy atom. The van der Waals surface area contributed by atoms with Crippen molar-refractivity contribution in [3.63, 3.8) is 0 Å². The van der Waals surface area contributed by atoms with Gasteiger partial charge in [0.15, 0.2) is 0 Å². The third-order valence-corrected chi connectivity index (χ3v) is 3.29. The maximum absolute atomic E-state index is 12.6. The molecule has 9 heteroatoms. The average molecular weight is 291 g/mol. The molecule has 0 saturated carbocycles. The minimum absolute atomic E-state index is 0.102. The topological polar surface area (TPSA) is 67.1 Å². The van der Waals surface area contributed by atoms with Crippen molar-refractivity contribution in [1.29, 1.82) is 0 Å². The van der Waals surface area contributed by atoms with Gasteiger partial charge in [0.25, 0.3) is 0 Å². The lowest BCUT2D eigenvalue weighted by Crippen LogP contribution is -2.35. The Morgan fingerprint density at radius 1 is 1.42 bits per heavy atom. The molecular weight excluding hydrogens is 279 g/mol. The van der Waals surface area contributed by atoms with Crippen molar-refractivity contribution in [3.05, 3.63) is 11.4 Å². The van der Waals surface area contributed by atoms with Gasteiger partial charge in [-0.3, -0.25) is 5.43 Å². The molecule has 0 fully saturated rings. The molecule has 5 nitrogen and oxygen atoms in total. The van der Waals surface area contributed by atoms with Crippen LogP contribution in [0.3, 0.4) is 0 Å². The molecule has 0 aliphatic heterocycles. The number of nitrogens with zero attached hydrogens (tertiary/aromatic N) is 3. The summed E-state index contributed by atoms with van der Waals surface area (Å²) in [5, 5.41) is 2.35.